The van der Waals surface area contributed by atoms with Crippen molar-refractivity contribution in [2.75, 3.05) is 12.8 Å². The van der Waals surface area contributed by atoms with E-state index in [0.717, 1.165) is 6.26 Å². The molecule has 0 spiro atoms. The Morgan fingerprint density at radius 1 is 1.37 bits per heavy atom. The molecule has 0 bridgehead atoms. The van der Waals surface area contributed by atoms with Crippen molar-refractivity contribution < 1.29 is 17.7 Å². The maximum Gasteiger partial charge on any atom is 0.248 e. The van der Waals surface area contributed by atoms with Crippen LogP contribution in [0, 0.1) is 0 Å². The molecule has 108 valence electrons. The summed E-state index contributed by atoms with van der Waals surface area (Å²) < 4.78 is 28.8. The molecule has 1 unspecified atom stereocenters. The first-order chi connectivity index (χ1) is 8.69. The summed E-state index contributed by atoms with van der Waals surface area (Å²) in [6, 6.07) is -0.478. The molecule has 1 heterocycles. The van der Waals surface area contributed by atoms with Gasteiger partial charge in [0.15, 0.2) is 5.82 Å². The number of carbonyl (C=O) groups excluding carboxylic acids is 1. The minimum atomic E-state index is -3.39. The fourth-order valence-corrected chi connectivity index (χ4v) is 1.60. The number of hydrogen-bond donors (Lipinski definition) is 2. The van der Waals surface area contributed by atoms with Gasteiger partial charge in [-0.1, -0.05) is 19.0 Å². The van der Waals surface area contributed by atoms with Gasteiger partial charge in [-0.05, 0) is 6.92 Å². The van der Waals surface area contributed by atoms with Gasteiger partial charge < -0.3 is 9.84 Å². The summed E-state index contributed by atoms with van der Waals surface area (Å²) in [5.41, 5.74) is 0. The van der Waals surface area contributed by atoms with E-state index in [1.807, 2.05) is 13.8 Å². The molecule has 0 aromatic carbocycles. The highest BCUT2D eigenvalue weighted by atomic mass is 32.2. The van der Waals surface area contributed by atoms with E-state index in [1.54, 1.807) is 6.92 Å². The van der Waals surface area contributed by atoms with Crippen LogP contribution in [0.2, 0.25) is 0 Å². The highest BCUT2D eigenvalue weighted by Crippen LogP contribution is 2.14. The first kappa shape index (κ1) is 15.6. The summed E-state index contributed by atoms with van der Waals surface area (Å²) in [6.45, 7) is 5.20. The van der Waals surface area contributed by atoms with Crippen molar-refractivity contribution in [3.05, 3.63) is 11.7 Å². The van der Waals surface area contributed by atoms with E-state index in [4.69, 9.17) is 4.52 Å². The Hall–Kier alpha value is -1.48. The quantitative estimate of drug-likeness (QED) is 0.757. The summed E-state index contributed by atoms with van der Waals surface area (Å²) in [5.74, 6) is 0.510. The average molecular weight is 290 g/mol. The summed E-state index contributed by atoms with van der Waals surface area (Å²) in [5, 5.41) is 6.34. The number of nitrogens with one attached hydrogen (secondary N) is 2. The Bertz CT molecular complexity index is 537. The van der Waals surface area contributed by atoms with E-state index >= 15 is 0 Å². The van der Waals surface area contributed by atoms with Crippen molar-refractivity contribution in [2.45, 2.75) is 32.7 Å². The first-order valence-corrected chi connectivity index (χ1v) is 7.65. The third-order valence-corrected chi connectivity index (χ3v) is 2.89. The van der Waals surface area contributed by atoms with Gasteiger partial charge in [0.1, 0.15) is 6.04 Å². The topological polar surface area (TPSA) is 114 Å². The smallest absolute Gasteiger partial charge is 0.248 e. The Morgan fingerprint density at radius 2 is 2.00 bits per heavy atom. The maximum absolute atomic E-state index is 11.5. The largest absolute Gasteiger partial charge is 0.343 e. The Balaban J connectivity index is 2.54. The zero-order chi connectivity index (χ0) is 14.6. The van der Waals surface area contributed by atoms with Crippen LogP contribution in [-0.4, -0.2) is 37.3 Å². The number of sulfonamides is 1. The zero-order valence-electron chi connectivity index (χ0n) is 11.3. The number of nitrogens with zero attached hydrogens (tertiary/aromatic N) is 2. The van der Waals surface area contributed by atoms with Crippen LogP contribution in [0.3, 0.4) is 0 Å². The van der Waals surface area contributed by atoms with Crippen molar-refractivity contribution >= 4 is 15.9 Å². The van der Waals surface area contributed by atoms with E-state index in [2.05, 4.69) is 20.2 Å². The van der Waals surface area contributed by atoms with Crippen LogP contribution in [0.5, 0.6) is 0 Å². The van der Waals surface area contributed by atoms with Crippen molar-refractivity contribution in [3.63, 3.8) is 0 Å². The van der Waals surface area contributed by atoms with Crippen molar-refractivity contribution in [2.24, 2.45) is 0 Å². The summed E-state index contributed by atoms with van der Waals surface area (Å²) in [6.07, 6.45) is 0.983. The highest BCUT2D eigenvalue weighted by molar-refractivity contribution is 7.88. The van der Waals surface area contributed by atoms with Gasteiger partial charge in [0.25, 0.3) is 0 Å². The summed E-state index contributed by atoms with van der Waals surface area (Å²) in [7, 11) is -3.39. The molecule has 0 aliphatic rings. The molecule has 0 fully saturated rings. The lowest BCUT2D eigenvalue weighted by atomic mass is 10.2. The molecule has 0 aliphatic heterocycles. The molecule has 0 saturated heterocycles. The monoisotopic (exact) mass is 290 g/mol. The molecule has 1 aromatic heterocycles. The van der Waals surface area contributed by atoms with E-state index in [9.17, 15) is 13.2 Å². The van der Waals surface area contributed by atoms with Crippen LogP contribution in [0.15, 0.2) is 4.52 Å². The maximum atomic E-state index is 11.5. The van der Waals surface area contributed by atoms with Gasteiger partial charge in [0.2, 0.25) is 21.8 Å². The predicted octanol–water partition coefficient (Wildman–Crippen LogP) is -0.0806. The predicted molar refractivity (Wildman–Crippen MR) is 67.8 cm³/mol. The molecule has 19 heavy (non-hydrogen) atoms. The number of carbonyl (C=O) groups is 1. The summed E-state index contributed by atoms with van der Waals surface area (Å²) in [4.78, 5) is 15.6. The number of amides is 1. The van der Waals surface area contributed by atoms with Crippen LogP contribution >= 0.6 is 0 Å². The third-order valence-electron chi connectivity index (χ3n) is 2.22. The molecule has 2 N–H and O–H groups in total. The fraction of sp³-hybridized carbons (Fsp3) is 0.700. The minimum Gasteiger partial charge on any atom is -0.343 e. The van der Waals surface area contributed by atoms with Crippen molar-refractivity contribution in [3.8, 4) is 0 Å². The second-order valence-corrected chi connectivity index (χ2v) is 6.36. The second-order valence-electron chi connectivity index (χ2n) is 4.53. The van der Waals surface area contributed by atoms with Crippen molar-refractivity contribution in [1.29, 1.82) is 0 Å². The summed E-state index contributed by atoms with van der Waals surface area (Å²) >= 11 is 0. The van der Waals surface area contributed by atoms with Crippen LogP contribution < -0.4 is 10.0 Å². The van der Waals surface area contributed by atoms with Gasteiger partial charge in [-0.15, -0.1) is 0 Å². The highest BCUT2D eigenvalue weighted by Gasteiger charge is 2.18. The molecular formula is C10H18N4O4S. The van der Waals surface area contributed by atoms with E-state index in [-0.39, 0.29) is 18.4 Å². The van der Waals surface area contributed by atoms with Crippen molar-refractivity contribution in [1.82, 2.24) is 20.2 Å². The van der Waals surface area contributed by atoms with Gasteiger partial charge in [-0.2, -0.15) is 4.98 Å². The molecule has 1 atom stereocenters. The Kier molecular flexibility index (Phi) is 5.01. The molecule has 1 amide bonds. The van der Waals surface area contributed by atoms with Crippen LogP contribution in [0.25, 0.3) is 0 Å². The molecular weight excluding hydrogens is 272 g/mol. The number of aromatic nitrogens is 2. The first-order valence-electron chi connectivity index (χ1n) is 5.76. The van der Waals surface area contributed by atoms with Gasteiger partial charge in [0.05, 0.1) is 12.8 Å². The molecule has 1 rings (SSSR count). The van der Waals surface area contributed by atoms with Crippen LogP contribution in [0.1, 0.15) is 44.4 Å². The molecule has 0 aliphatic carbocycles. The van der Waals surface area contributed by atoms with Crippen LogP contribution in [-0.2, 0) is 14.8 Å². The van der Waals surface area contributed by atoms with Gasteiger partial charge in [0, 0.05) is 5.92 Å². The zero-order valence-corrected chi connectivity index (χ0v) is 12.1. The number of rotatable bonds is 6. The lowest BCUT2D eigenvalue weighted by Crippen LogP contribution is -2.37. The second kappa shape index (κ2) is 6.11. The average Bonchev–Trinajstić information content (AvgIpc) is 2.74. The standard InChI is InChI=1S/C10H18N4O4S/c1-6(2)9-13-10(18-14-9)7(3)12-8(15)5-11-19(4,16)17/h6-7,11H,5H2,1-4H3,(H,12,15). The molecule has 8 nitrogen and oxygen atoms in total. The Labute approximate surface area is 112 Å². The normalized spacial score (nSPS) is 13.5. The third kappa shape index (κ3) is 5.35. The van der Waals surface area contributed by atoms with E-state index in [0.29, 0.717) is 5.82 Å². The fourth-order valence-electron chi connectivity index (χ4n) is 1.21. The lowest BCUT2D eigenvalue weighted by Gasteiger charge is -2.09. The lowest BCUT2D eigenvalue weighted by molar-refractivity contribution is -0.120. The Morgan fingerprint density at radius 3 is 2.47 bits per heavy atom. The van der Waals surface area contributed by atoms with Gasteiger partial charge in [-0.25, -0.2) is 13.1 Å². The molecule has 0 radical (unpaired) electrons. The van der Waals surface area contributed by atoms with Gasteiger partial charge in [-0.3, -0.25) is 4.79 Å². The SMILES string of the molecule is CC(C)c1noc(C(C)NC(=O)CNS(C)(=O)=O)n1. The molecule has 1 aromatic rings. The molecule has 0 saturated carbocycles. The number of hydrogen-bond acceptors (Lipinski definition) is 6. The molecule has 9 heteroatoms. The van der Waals surface area contributed by atoms with E-state index < -0.39 is 22.0 Å². The van der Waals surface area contributed by atoms with Crippen LogP contribution in [0.4, 0.5) is 0 Å². The van der Waals surface area contributed by atoms with Gasteiger partial charge >= 0.3 is 0 Å². The minimum absolute atomic E-state index is 0.132. The van der Waals surface area contributed by atoms with E-state index in [1.165, 1.54) is 0 Å².